The Bertz CT molecular complexity index is 311. The first-order chi connectivity index (χ1) is 8.08. The van der Waals surface area contributed by atoms with Gasteiger partial charge in [0.05, 0.1) is 12.7 Å². The third-order valence-electron chi connectivity index (χ3n) is 2.48. The lowest BCUT2D eigenvalue weighted by Gasteiger charge is -2.15. The highest BCUT2D eigenvalue weighted by Crippen LogP contribution is 2.13. The van der Waals surface area contributed by atoms with Crippen LogP contribution >= 0.6 is 15.9 Å². The summed E-state index contributed by atoms with van der Waals surface area (Å²) >= 11 is 3.42. The molecule has 0 aliphatic carbocycles. The molecule has 0 fully saturated rings. The molecule has 0 aromatic heterocycles. The molecule has 1 aromatic carbocycles. The van der Waals surface area contributed by atoms with Gasteiger partial charge in [0.15, 0.2) is 0 Å². The van der Waals surface area contributed by atoms with Crippen LogP contribution in [0.5, 0.6) is 0 Å². The largest absolute Gasteiger partial charge is 0.383 e. The molecule has 0 radical (unpaired) electrons. The molecule has 0 saturated heterocycles. The minimum absolute atomic E-state index is 0.349. The van der Waals surface area contributed by atoms with Crippen molar-refractivity contribution in [3.63, 3.8) is 0 Å². The zero-order chi connectivity index (χ0) is 12.7. The molecule has 0 aliphatic rings. The van der Waals surface area contributed by atoms with E-state index in [1.165, 1.54) is 0 Å². The van der Waals surface area contributed by atoms with Crippen LogP contribution in [0.25, 0.3) is 0 Å². The maximum absolute atomic E-state index is 5.73. The van der Waals surface area contributed by atoms with E-state index >= 15 is 0 Å². The Balaban J connectivity index is 2.13. The molecule has 0 saturated carbocycles. The van der Waals surface area contributed by atoms with Crippen molar-refractivity contribution >= 4 is 21.6 Å². The summed E-state index contributed by atoms with van der Waals surface area (Å²) in [5, 5.41) is 3.33. The molecule has 1 rings (SSSR count). The minimum atomic E-state index is 0.349. The van der Waals surface area contributed by atoms with E-state index in [0.29, 0.717) is 12.0 Å². The topological polar surface area (TPSA) is 21.3 Å². The Morgan fingerprint density at radius 2 is 1.82 bits per heavy atom. The molecular weight excluding hydrogens is 278 g/mol. The Morgan fingerprint density at radius 1 is 1.18 bits per heavy atom. The maximum atomic E-state index is 5.73. The number of anilines is 1. The molecule has 96 valence electrons. The fraction of sp³-hybridized carbons (Fsp3) is 0.571. The van der Waals surface area contributed by atoms with Crippen molar-refractivity contribution in [1.29, 1.82) is 0 Å². The molecule has 1 N–H and O–H groups in total. The second-order valence-corrected chi connectivity index (χ2v) is 5.66. The van der Waals surface area contributed by atoms with Crippen molar-refractivity contribution in [2.24, 2.45) is 5.92 Å². The number of halogens is 1. The van der Waals surface area contributed by atoms with Crippen molar-refractivity contribution in [1.82, 2.24) is 0 Å². The van der Waals surface area contributed by atoms with Crippen LogP contribution in [0.1, 0.15) is 27.2 Å². The van der Waals surface area contributed by atoms with Crippen molar-refractivity contribution in [2.45, 2.75) is 33.3 Å². The molecule has 0 bridgehead atoms. The van der Waals surface area contributed by atoms with Crippen LogP contribution in [0.15, 0.2) is 28.7 Å². The van der Waals surface area contributed by atoms with E-state index in [1.54, 1.807) is 0 Å². The number of benzene rings is 1. The molecular formula is C14H22BrNO. The van der Waals surface area contributed by atoms with Gasteiger partial charge in [-0.2, -0.15) is 0 Å². The standard InChI is InChI=1S/C14H22BrNO/c1-11(2)10-12(3)17-9-8-16-14-6-4-13(15)5-7-14/h4-7,11-12,16H,8-10H2,1-3H3. The summed E-state index contributed by atoms with van der Waals surface area (Å²) in [5.41, 5.74) is 1.13. The lowest BCUT2D eigenvalue weighted by Crippen LogP contribution is -2.17. The van der Waals surface area contributed by atoms with Gasteiger partial charge < -0.3 is 10.1 Å². The smallest absolute Gasteiger partial charge is 0.0642 e. The van der Waals surface area contributed by atoms with Crippen LogP contribution in [0.4, 0.5) is 5.69 Å². The molecule has 0 heterocycles. The lowest BCUT2D eigenvalue weighted by molar-refractivity contribution is 0.0591. The number of hydrogen-bond donors (Lipinski definition) is 1. The molecule has 3 heteroatoms. The summed E-state index contributed by atoms with van der Waals surface area (Å²) in [4.78, 5) is 0. The van der Waals surface area contributed by atoms with Crippen LogP contribution in [-0.2, 0) is 4.74 Å². The first-order valence-electron chi connectivity index (χ1n) is 6.19. The summed E-state index contributed by atoms with van der Waals surface area (Å²) < 4.78 is 6.83. The first kappa shape index (κ1) is 14.5. The summed E-state index contributed by atoms with van der Waals surface area (Å²) in [5.74, 6) is 0.699. The molecule has 2 nitrogen and oxygen atoms in total. The average molecular weight is 300 g/mol. The lowest BCUT2D eigenvalue weighted by atomic mass is 10.1. The Labute approximate surface area is 113 Å². The van der Waals surface area contributed by atoms with Gasteiger partial charge in [0.2, 0.25) is 0 Å². The minimum Gasteiger partial charge on any atom is -0.383 e. The van der Waals surface area contributed by atoms with Gasteiger partial charge in [-0.3, -0.25) is 0 Å². The Kier molecular flexibility index (Phi) is 6.60. The predicted molar refractivity (Wildman–Crippen MR) is 77.5 cm³/mol. The first-order valence-corrected chi connectivity index (χ1v) is 6.98. The molecule has 0 spiro atoms. The van der Waals surface area contributed by atoms with Crippen molar-refractivity contribution < 1.29 is 4.74 Å². The third kappa shape index (κ3) is 6.69. The van der Waals surface area contributed by atoms with Crippen molar-refractivity contribution in [3.05, 3.63) is 28.7 Å². The SMILES string of the molecule is CC(C)CC(C)OCCNc1ccc(Br)cc1. The van der Waals surface area contributed by atoms with Crippen LogP contribution in [0.2, 0.25) is 0 Å². The van der Waals surface area contributed by atoms with E-state index in [1.807, 2.05) is 12.1 Å². The summed E-state index contributed by atoms with van der Waals surface area (Å²) in [7, 11) is 0. The second-order valence-electron chi connectivity index (χ2n) is 4.74. The van der Waals surface area contributed by atoms with Gasteiger partial charge in [0.25, 0.3) is 0 Å². The number of ether oxygens (including phenoxy) is 1. The number of hydrogen-bond acceptors (Lipinski definition) is 2. The highest BCUT2D eigenvalue weighted by Gasteiger charge is 2.04. The van der Waals surface area contributed by atoms with Gasteiger partial charge in [-0.05, 0) is 43.5 Å². The summed E-state index contributed by atoms with van der Waals surface area (Å²) in [6.07, 6.45) is 1.47. The normalized spacial score (nSPS) is 12.8. The second kappa shape index (κ2) is 7.72. The molecule has 17 heavy (non-hydrogen) atoms. The van der Waals surface area contributed by atoms with Gasteiger partial charge in [-0.25, -0.2) is 0 Å². The van der Waals surface area contributed by atoms with Crippen LogP contribution in [0, 0.1) is 5.92 Å². The van der Waals surface area contributed by atoms with Crippen LogP contribution < -0.4 is 5.32 Å². The monoisotopic (exact) mass is 299 g/mol. The van der Waals surface area contributed by atoms with Gasteiger partial charge in [-0.1, -0.05) is 29.8 Å². The Hall–Kier alpha value is -0.540. The number of nitrogens with one attached hydrogen (secondary N) is 1. The van der Waals surface area contributed by atoms with E-state index in [9.17, 15) is 0 Å². The third-order valence-corrected chi connectivity index (χ3v) is 3.01. The molecule has 1 atom stereocenters. The number of rotatable bonds is 7. The van der Waals surface area contributed by atoms with E-state index in [4.69, 9.17) is 4.74 Å². The zero-order valence-electron chi connectivity index (χ0n) is 10.9. The van der Waals surface area contributed by atoms with Gasteiger partial charge in [0, 0.05) is 16.7 Å². The summed E-state index contributed by atoms with van der Waals surface area (Å²) in [6.45, 7) is 8.19. The van der Waals surface area contributed by atoms with Crippen molar-refractivity contribution in [2.75, 3.05) is 18.5 Å². The van der Waals surface area contributed by atoms with Gasteiger partial charge in [-0.15, -0.1) is 0 Å². The van der Waals surface area contributed by atoms with E-state index < -0.39 is 0 Å². The Morgan fingerprint density at radius 3 is 2.41 bits per heavy atom. The highest BCUT2D eigenvalue weighted by molar-refractivity contribution is 9.10. The average Bonchev–Trinajstić information content (AvgIpc) is 2.26. The fourth-order valence-electron chi connectivity index (χ4n) is 1.76. The summed E-state index contributed by atoms with van der Waals surface area (Å²) in [6, 6.07) is 8.18. The zero-order valence-corrected chi connectivity index (χ0v) is 12.5. The van der Waals surface area contributed by atoms with Crippen molar-refractivity contribution in [3.8, 4) is 0 Å². The maximum Gasteiger partial charge on any atom is 0.0642 e. The molecule has 1 unspecified atom stereocenters. The van der Waals surface area contributed by atoms with E-state index in [0.717, 1.165) is 29.7 Å². The van der Waals surface area contributed by atoms with Gasteiger partial charge in [0.1, 0.15) is 0 Å². The molecule has 0 amide bonds. The van der Waals surface area contributed by atoms with Crippen LogP contribution in [-0.4, -0.2) is 19.3 Å². The quantitative estimate of drug-likeness (QED) is 0.758. The van der Waals surface area contributed by atoms with Gasteiger partial charge >= 0.3 is 0 Å². The van der Waals surface area contributed by atoms with E-state index in [2.05, 4.69) is 54.2 Å². The van der Waals surface area contributed by atoms with Crippen LogP contribution in [0.3, 0.4) is 0 Å². The molecule has 1 aromatic rings. The highest BCUT2D eigenvalue weighted by atomic mass is 79.9. The fourth-order valence-corrected chi connectivity index (χ4v) is 2.02. The van der Waals surface area contributed by atoms with E-state index in [-0.39, 0.29) is 0 Å². The molecule has 0 aliphatic heterocycles. The predicted octanol–water partition coefficient (Wildman–Crippen LogP) is 4.31.